The zero-order valence-corrected chi connectivity index (χ0v) is 5.44. The van der Waals surface area contributed by atoms with Gasteiger partial charge in [-0.1, -0.05) is 4.80 Å². The summed E-state index contributed by atoms with van der Waals surface area (Å²) in [6, 6.07) is 0. The van der Waals surface area contributed by atoms with Crippen LogP contribution in [0.2, 0.25) is 0 Å². The van der Waals surface area contributed by atoms with E-state index in [4.69, 9.17) is 0 Å². The molecule has 10 heavy (non-hydrogen) atoms. The van der Waals surface area contributed by atoms with Crippen LogP contribution >= 0.6 is 0 Å². The molecular weight excluding hydrogens is 134 g/mol. The molecule has 0 aliphatic rings. The molecule has 0 bridgehead atoms. The summed E-state index contributed by atoms with van der Waals surface area (Å²) in [4.78, 5) is 11.5. The fraction of sp³-hybridized carbons (Fsp3) is 0.400. The Kier molecular flexibility index (Phi) is 1.99. The summed E-state index contributed by atoms with van der Waals surface area (Å²) in [6.45, 7) is 2.03. The second kappa shape index (κ2) is 2.95. The Labute approximate surface area is 57.6 Å². The van der Waals surface area contributed by atoms with Crippen molar-refractivity contribution in [1.29, 1.82) is 0 Å². The van der Waals surface area contributed by atoms with Crippen LogP contribution in [0.15, 0.2) is 6.20 Å². The van der Waals surface area contributed by atoms with Crippen molar-refractivity contribution in [1.82, 2.24) is 15.0 Å². The Balaban J connectivity index is 2.59. The highest BCUT2D eigenvalue weighted by Gasteiger charge is 2.03. The molecule has 0 aromatic carbocycles. The standard InChI is InChI=1S/C5H6N3O2/c1-2-10-5(9)8-6-3-4-7-8/h3H,2H2,1H3. The highest BCUT2D eigenvalue weighted by molar-refractivity contribution is 5.67. The normalized spacial score (nSPS) is 9.30. The molecule has 5 heteroatoms. The van der Waals surface area contributed by atoms with Crippen LogP contribution in [0.25, 0.3) is 0 Å². The molecule has 0 amide bonds. The largest absolute Gasteiger partial charge is 0.452 e. The summed E-state index contributed by atoms with van der Waals surface area (Å²) in [5, 5.41) is 6.95. The van der Waals surface area contributed by atoms with Crippen LogP contribution in [0, 0.1) is 6.20 Å². The lowest BCUT2D eigenvalue weighted by molar-refractivity contribution is 0.146. The molecule has 0 spiro atoms. The van der Waals surface area contributed by atoms with Gasteiger partial charge >= 0.3 is 6.09 Å². The van der Waals surface area contributed by atoms with Crippen LogP contribution in [-0.4, -0.2) is 27.7 Å². The van der Waals surface area contributed by atoms with Gasteiger partial charge in [0.15, 0.2) is 0 Å². The van der Waals surface area contributed by atoms with Crippen molar-refractivity contribution in [2.24, 2.45) is 0 Å². The van der Waals surface area contributed by atoms with Gasteiger partial charge < -0.3 is 4.74 Å². The number of carbonyl (C=O) groups excluding carboxylic acids is 1. The van der Waals surface area contributed by atoms with Crippen LogP contribution in [0.5, 0.6) is 0 Å². The maximum atomic E-state index is 10.7. The van der Waals surface area contributed by atoms with E-state index in [0.717, 1.165) is 4.80 Å². The molecule has 1 rings (SSSR count). The fourth-order valence-electron chi connectivity index (χ4n) is 0.456. The molecule has 1 radical (unpaired) electrons. The third-order valence-electron chi connectivity index (χ3n) is 0.808. The molecule has 0 aliphatic carbocycles. The van der Waals surface area contributed by atoms with E-state index >= 15 is 0 Å². The predicted molar refractivity (Wildman–Crippen MR) is 31.3 cm³/mol. The van der Waals surface area contributed by atoms with Crippen molar-refractivity contribution in [3.05, 3.63) is 12.4 Å². The maximum absolute atomic E-state index is 10.7. The molecule has 1 aromatic heterocycles. The first-order chi connectivity index (χ1) is 4.84. The lowest BCUT2D eigenvalue weighted by Gasteiger charge is -1.96. The number of nitrogens with zero attached hydrogens (tertiary/aromatic N) is 3. The van der Waals surface area contributed by atoms with Crippen LogP contribution in [0.4, 0.5) is 4.79 Å². The molecule has 0 saturated carbocycles. The van der Waals surface area contributed by atoms with Crippen LogP contribution in [0.1, 0.15) is 6.92 Å². The molecule has 0 atom stereocenters. The lowest BCUT2D eigenvalue weighted by Crippen LogP contribution is -2.16. The van der Waals surface area contributed by atoms with E-state index in [0.29, 0.717) is 6.61 Å². The number of hydrogen-bond acceptors (Lipinski definition) is 4. The van der Waals surface area contributed by atoms with Crippen LogP contribution in [0.3, 0.4) is 0 Å². The molecule has 0 fully saturated rings. The van der Waals surface area contributed by atoms with Gasteiger partial charge in [-0.3, -0.25) is 0 Å². The van der Waals surface area contributed by atoms with E-state index in [1.807, 2.05) is 0 Å². The van der Waals surface area contributed by atoms with Gasteiger partial charge in [-0.2, -0.15) is 5.10 Å². The van der Waals surface area contributed by atoms with Gasteiger partial charge in [-0.05, 0) is 6.92 Å². The summed E-state index contributed by atoms with van der Waals surface area (Å²) in [6.07, 6.45) is 3.08. The van der Waals surface area contributed by atoms with Crippen molar-refractivity contribution >= 4 is 6.09 Å². The molecule has 0 N–H and O–H groups in total. The minimum Gasteiger partial charge on any atom is -0.447 e. The minimum atomic E-state index is -0.580. The zero-order valence-electron chi connectivity index (χ0n) is 5.44. The number of rotatable bonds is 1. The van der Waals surface area contributed by atoms with Gasteiger partial charge in [0, 0.05) is 0 Å². The van der Waals surface area contributed by atoms with Crippen molar-refractivity contribution in [3.63, 3.8) is 0 Å². The molecule has 0 unspecified atom stereocenters. The van der Waals surface area contributed by atoms with Gasteiger partial charge in [0.1, 0.15) is 6.20 Å². The average Bonchev–Trinajstić information content (AvgIpc) is 2.38. The fourth-order valence-corrected chi connectivity index (χ4v) is 0.456. The summed E-state index contributed by atoms with van der Waals surface area (Å²) in [7, 11) is 0. The van der Waals surface area contributed by atoms with E-state index in [1.54, 1.807) is 6.92 Å². The Morgan fingerprint density at radius 3 is 3.20 bits per heavy atom. The predicted octanol–water partition coefficient (Wildman–Crippen LogP) is 0.0829. The van der Waals surface area contributed by atoms with Crippen molar-refractivity contribution in [2.45, 2.75) is 6.92 Å². The third kappa shape index (κ3) is 1.31. The second-order valence-corrected chi connectivity index (χ2v) is 1.46. The molecule has 1 heterocycles. The van der Waals surface area contributed by atoms with Crippen LogP contribution in [-0.2, 0) is 4.74 Å². The van der Waals surface area contributed by atoms with E-state index in [-0.39, 0.29) is 0 Å². The van der Waals surface area contributed by atoms with Gasteiger partial charge in [0.25, 0.3) is 0 Å². The summed E-state index contributed by atoms with van der Waals surface area (Å²) < 4.78 is 4.57. The van der Waals surface area contributed by atoms with Gasteiger partial charge in [0.05, 0.1) is 12.8 Å². The van der Waals surface area contributed by atoms with Crippen molar-refractivity contribution in [3.8, 4) is 0 Å². The van der Waals surface area contributed by atoms with Crippen molar-refractivity contribution in [2.75, 3.05) is 6.61 Å². The first-order valence-corrected chi connectivity index (χ1v) is 2.80. The van der Waals surface area contributed by atoms with Gasteiger partial charge in [-0.25, -0.2) is 4.79 Å². The highest BCUT2D eigenvalue weighted by atomic mass is 16.6. The molecule has 0 saturated heterocycles. The number of hydrogen-bond donors (Lipinski definition) is 0. The Morgan fingerprint density at radius 2 is 2.70 bits per heavy atom. The summed E-state index contributed by atoms with van der Waals surface area (Å²) >= 11 is 0. The summed E-state index contributed by atoms with van der Waals surface area (Å²) in [5.74, 6) is 0. The first kappa shape index (κ1) is 6.73. The Bertz CT molecular complexity index is 207. The molecule has 5 nitrogen and oxygen atoms in total. The number of ether oxygens (including phenoxy) is 1. The molecule has 1 aromatic rings. The molecule has 53 valence electrons. The van der Waals surface area contributed by atoms with E-state index in [1.165, 1.54) is 6.20 Å². The topological polar surface area (TPSA) is 57.0 Å². The van der Waals surface area contributed by atoms with E-state index in [2.05, 4.69) is 21.1 Å². The first-order valence-electron chi connectivity index (χ1n) is 2.80. The van der Waals surface area contributed by atoms with Crippen molar-refractivity contribution < 1.29 is 9.53 Å². The zero-order chi connectivity index (χ0) is 7.40. The average molecular weight is 140 g/mol. The maximum Gasteiger partial charge on any atom is 0.452 e. The SMILES string of the molecule is CCOC(=O)n1n[c]cn1. The number of carbonyl (C=O) groups is 1. The molecule has 0 aliphatic heterocycles. The third-order valence-corrected chi connectivity index (χ3v) is 0.808. The number of aromatic nitrogens is 3. The monoisotopic (exact) mass is 140 g/mol. The van der Waals surface area contributed by atoms with E-state index in [9.17, 15) is 4.79 Å². The minimum absolute atomic E-state index is 0.320. The quantitative estimate of drug-likeness (QED) is 0.554. The summed E-state index contributed by atoms with van der Waals surface area (Å²) in [5.41, 5.74) is 0. The lowest BCUT2D eigenvalue weighted by atomic mass is 10.9. The molecular formula is C5H6N3O2. The highest BCUT2D eigenvalue weighted by Crippen LogP contribution is 1.82. The van der Waals surface area contributed by atoms with E-state index < -0.39 is 6.09 Å². The van der Waals surface area contributed by atoms with Crippen LogP contribution < -0.4 is 0 Å². The Hall–Kier alpha value is -1.39. The smallest absolute Gasteiger partial charge is 0.447 e. The van der Waals surface area contributed by atoms with Gasteiger partial charge in [-0.15, -0.1) is 5.10 Å². The van der Waals surface area contributed by atoms with Gasteiger partial charge in [0.2, 0.25) is 0 Å². The Morgan fingerprint density at radius 1 is 1.90 bits per heavy atom. The second-order valence-electron chi connectivity index (χ2n) is 1.46.